The second-order valence-electron chi connectivity index (χ2n) is 4.63. The van der Waals surface area contributed by atoms with Crippen LogP contribution in [0.4, 0.5) is 4.39 Å². The standard InChI is InChI=1S/C14H20FNO3/c1-4-19-13-6-5-11(7-12(13)15)9-16(3)8-10(2)14(17)18/h5-7,10H,4,8-9H2,1-3H3,(H,17,18). The van der Waals surface area contributed by atoms with E-state index in [1.807, 2.05) is 11.9 Å². The number of carboxylic acids is 1. The van der Waals surface area contributed by atoms with E-state index in [1.165, 1.54) is 6.07 Å². The van der Waals surface area contributed by atoms with Crippen LogP contribution in [0.25, 0.3) is 0 Å². The van der Waals surface area contributed by atoms with Crippen LogP contribution in [-0.2, 0) is 11.3 Å². The number of ether oxygens (including phenoxy) is 1. The number of benzene rings is 1. The minimum Gasteiger partial charge on any atom is -0.491 e. The molecular weight excluding hydrogens is 249 g/mol. The van der Waals surface area contributed by atoms with Crippen molar-refractivity contribution in [3.05, 3.63) is 29.6 Å². The first-order valence-electron chi connectivity index (χ1n) is 6.26. The normalized spacial score (nSPS) is 12.5. The van der Waals surface area contributed by atoms with E-state index in [4.69, 9.17) is 9.84 Å². The summed E-state index contributed by atoms with van der Waals surface area (Å²) in [5, 5.41) is 8.83. The molecule has 0 aliphatic carbocycles. The van der Waals surface area contributed by atoms with Crippen molar-refractivity contribution in [2.45, 2.75) is 20.4 Å². The van der Waals surface area contributed by atoms with Gasteiger partial charge in [-0.2, -0.15) is 0 Å². The minimum atomic E-state index is -0.829. The monoisotopic (exact) mass is 269 g/mol. The van der Waals surface area contributed by atoms with Crippen molar-refractivity contribution in [2.75, 3.05) is 20.2 Å². The van der Waals surface area contributed by atoms with Crippen LogP contribution in [-0.4, -0.2) is 36.2 Å². The Labute approximate surface area is 112 Å². The third-order valence-corrected chi connectivity index (χ3v) is 2.76. The molecule has 0 radical (unpaired) electrons. The van der Waals surface area contributed by atoms with Gasteiger partial charge in [0.15, 0.2) is 11.6 Å². The van der Waals surface area contributed by atoms with Crippen molar-refractivity contribution in [1.29, 1.82) is 0 Å². The molecule has 1 unspecified atom stereocenters. The quantitative estimate of drug-likeness (QED) is 0.825. The van der Waals surface area contributed by atoms with Gasteiger partial charge in [0.2, 0.25) is 0 Å². The number of hydrogen-bond donors (Lipinski definition) is 1. The van der Waals surface area contributed by atoms with E-state index in [-0.39, 0.29) is 11.6 Å². The number of carboxylic acid groups (broad SMARTS) is 1. The first-order chi connectivity index (χ1) is 8.93. The van der Waals surface area contributed by atoms with Crippen LogP contribution < -0.4 is 4.74 Å². The number of aliphatic carboxylic acids is 1. The largest absolute Gasteiger partial charge is 0.491 e. The Kier molecular flexibility index (Phi) is 5.76. The van der Waals surface area contributed by atoms with Gasteiger partial charge in [-0.15, -0.1) is 0 Å². The molecular formula is C14H20FNO3. The molecule has 0 aliphatic rings. The van der Waals surface area contributed by atoms with Gasteiger partial charge >= 0.3 is 5.97 Å². The summed E-state index contributed by atoms with van der Waals surface area (Å²) in [5.74, 6) is -1.42. The summed E-state index contributed by atoms with van der Waals surface area (Å²) in [6, 6.07) is 4.81. The summed E-state index contributed by atoms with van der Waals surface area (Å²) in [6.45, 7) is 4.80. The SMILES string of the molecule is CCOc1ccc(CN(C)CC(C)C(=O)O)cc1F. The molecule has 0 saturated carbocycles. The van der Waals surface area contributed by atoms with Crippen molar-refractivity contribution in [2.24, 2.45) is 5.92 Å². The van der Waals surface area contributed by atoms with E-state index in [1.54, 1.807) is 26.0 Å². The van der Waals surface area contributed by atoms with Gasteiger partial charge in [-0.1, -0.05) is 13.0 Å². The molecule has 1 N–H and O–H groups in total. The van der Waals surface area contributed by atoms with E-state index < -0.39 is 11.9 Å². The molecule has 0 saturated heterocycles. The maximum atomic E-state index is 13.6. The molecule has 0 aliphatic heterocycles. The Bertz CT molecular complexity index is 437. The molecule has 1 rings (SSSR count). The Hall–Kier alpha value is -1.62. The molecule has 0 heterocycles. The molecule has 19 heavy (non-hydrogen) atoms. The maximum Gasteiger partial charge on any atom is 0.307 e. The lowest BCUT2D eigenvalue weighted by molar-refractivity contribution is -0.141. The smallest absolute Gasteiger partial charge is 0.307 e. The molecule has 0 spiro atoms. The summed E-state index contributed by atoms with van der Waals surface area (Å²) in [5.41, 5.74) is 0.793. The predicted octanol–water partition coefficient (Wildman–Crippen LogP) is 2.38. The number of halogens is 1. The highest BCUT2D eigenvalue weighted by Crippen LogP contribution is 2.19. The lowest BCUT2D eigenvalue weighted by Gasteiger charge is -2.19. The Balaban J connectivity index is 2.62. The zero-order valence-corrected chi connectivity index (χ0v) is 11.5. The van der Waals surface area contributed by atoms with Gasteiger partial charge in [0, 0.05) is 13.1 Å². The molecule has 1 atom stereocenters. The van der Waals surface area contributed by atoms with E-state index in [9.17, 15) is 9.18 Å². The zero-order chi connectivity index (χ0) is 14.4. The fourth-order valence-electron chi connectivity index (χ4n) is 1.84. The second-order valence-corrected chi connectivity index (χ2v) is 4.63. The van der Waals surface area contributed by atoms with Crippen molar-refractivity contribution in [3.63, 3.8) is 0 Å². The number of rotatable bonds is 7. The zero-order valence-electron chi connectivity index (χ0n) is 11.5. The number of nitrogens with zero attached hydrogens (tertiary/aromatic N) is 1. The van der Waals surface area contributed by atoms with E-state index in [0.29, 0.717) is 19.7 Å². The summed E-state index contributed by atoms with van der Waals surface area (Å²) in [6.07, 6.45) is 0. The van der Waals surface area contributed by atoms with Gasteiger partial charge in [-0.05, 0) is 31.7 Å². The van der Waals surface area contributed by atoms with E-state index in [2.05, 4.69) is 0 Å². The van der Waals surface area contributed by atoms with Crippen LogP contribution in [0.5, 0.6) is 5.75 Å². The lowest BCUT2D eigenvalue weighted by atomic mass is 10.1. The fraction of sp³-hybridized carbons (Fsp3) is 0.500. The minimum absolute atomic E-state index is 0.243. The summed E-state index contributed by atoms with van der Waals surface area (Å²) < 4.78 is 18.8. The summed E-state index contributed by atoms with van der Waals surface area (Å²) >= 11 is 0. The van der Waals surface area contributed by atoms with Crippen LogP contribution in [0, 0.1) is 11.7 Å². The first-order valence-corrected chi connectivity index (χ1v) is 6.26. The Morgan fingerprint density at radius 1 is 1.53 bits per heavy atom. The van der Waals surface area contributed by atoms with Gasteiger partial charge in [0.05, 0.1) is 12.5 Å². The van der Waals surface area contributed by atoms with Crippen molar-refractivity contribution in [3.8, 4) is 5.75 Å². The van der Waals surface area contributed by atoms with Gasteiger partial charge in [0.25, 0.3) is 0 Å². The fourth-order valence-corrected chi connectivity index (χ4v) is 1.84. The number of hydrogen-bond acceptors (Lipinski definition) is 3. The van der Waals surface area contributed by atoms with E-state index >= 15 is 0 Å². The van der Waals surface area contributed by atoms with Crippen LogP contribution in [0.2, 0.25) is 0 Å². The third kappa shape index (κ3) is 4.87. The highest BCUT2D eigenvalue weighted by Gasteiger charge is 2.14. The first kappa shape index (κ1) is 15.4. The van der Waals surface area contributed by atoms with Crippen molar-refractivity contribution >= 4 is 5.97 Å². The second kappa shape index (κ2) is 7.09. The maximum absolute atomic E-state index is 13.6. The van der Waals surface area contributed by atoms with Gasteiger partial charge in [0.1, 0.15) is 0 Å². The molecule has 0 fully saturated rings. The van der Waals surface area contributed by atoms with Crippen molar-refractivity contribution < 1.29 is 19.0 Å². The highest BCUT2D eigenvalue weighted by molar-refractivity contribution is 5.69. The summed E-state index contributed by atoms with van der Waals surface area (Å²) in [4.78, 5) is 12.6. The van der Waals surface area contributed by atoms with Crippen LogP contribution in [0.3, 0.4) is 0 Å². The highest BCUT2D eigenvalue weighted by atomic mass is 19.1. The Morgan fingerprint density at radius 2 is 2.21 bits per heavy atom. The topological polar surface area (TPSA) is 49.8 Å². The van der Waals surface area contributed by atoms with Crippen LogP contribution >= 0.6 is 0 Å². The average Bonchev–Trinajstić information content (AvgIpc) is 2.32. The van der Waals surface area contributed by atoms with E-state index in [0.717, 1.165) is 5.56 Å². The van der Waals surface area contributed by atoms with Gasteiger partial charge in [-0.3, -0.25) is 4.79 Å². The Morgan fingerprint density at radius 3 is 2.74 bits per heavy atom. The number of carbonyl (C=O) groups is 1. The molecule has 4 nitrogen and oxygen atoms in total. The molecule has 5 heteroatoms. The predicted molar refractivity (Wildman–Crippen MR) is 70.7 cm³/mol. The molecule has 1 aromatic rings. The third-order valence-electron chi connectivity index (χ3n) is 2.76. The molecule has 0 amide bonds. The molecule has 0 bridgehead atoms. The molecule has 106 valence electrons. The van der Waals surface area contributed by atoms with Crippen LogP contribution in [0.1, 0.15) is 19.4 Å². The summed E-state index contributed by atoms with van der Waals surface area (Å²) in [7, 11) is 1.81. The van der Waals surface area contributed by atoms with Gasteiger partial charge in [-0.25, -0.2) is 4.39 Å². The van der Waals surface area contributed by atoms with Crippen LogP contribution in [0.15, 0.2) is 18.2 Å². The van der Waals surface area contributed by atoms with Gasteiger partial charge < -0.3 is 14.7 Å². The molecule has 0 aromatic heterocycles. The average molecular weight is 269 g/mol. The lowest BCUT2D eigenvalue weighted by Crippen LogP contribution is -2.28. The molecule has 1 aromatic carbocycles. The van der Waals surface area contributed by atoms with Crippen molar-refractivity contribution in [1.82, 2.24) is 4.90 Å².